The van der Waals surface area contributed by atoms with E-state index < -0.39 is 5.92 Å². The van der Waals surface area contributed by atoms with Crippen LogP contribution in [-0.4, -0.2) is 16.6 Å². The third-order valence-electron chi connectivity index (χ3n) is 5.22. The van der Waals surface area contributed by atoms with Crippen LogP contribution in [0.4, 0.5) is 4.39 Å². The highest BCUT2D eigenvalue weighted by molar-refractivity contribution is 7.15. The van der Waals surface area contributed by atoms with Gasteiger partial charge >= 0.3 is 0 Å². The molecule has 2 fully saturated rings. The second-order valence-electron chi connectivity index (χ2n) is 6.63. The van der Waals surface area contributed by atoms with Gasteiger partial charge in [-0.1, -0.05) is 6.92 Å². The number of Topliss-reactive ketones (excluding diaryl/α,β-unsaturated/α-hetero) is 2. The Morgan fingerprint density at radius 2 is 1.75 bits per heavy atom. The minimum absolute atomic E-state index is 0.0263. The van der Waals surface area contributed by atoms with E-state index in [2.05, 4.69) is 4.98 Å². The molecule has 3 atom stereocenters. The largest absolute Gasteiger partial charge is 0.298 e. The van der Waals surface area contributed by atoms with Crippen LogP contribution in [0.5, 0.6) is 0 Å². The van der Waals surface area contributed by atoms with E-state index >= 15 is 0 Å². The van der Waals surface area contributed by atoms with Crippen molar-refractivity contribution in [3.8, 4) is 10.6 Å². The molecule has 0 amide bonds. The number of fused-ring (bicyclic) bond motifs is 2. The minimum Gasteiger partial charge on any atom is -0.298 e. The third-order valence-corrected chi connectivity index (χ3v) is 6.48. The lowest BCUT2D eigenvalue weighted by Crippen LogP contribution is -2.35. The average Bonchev–Trinajstić information content (AvgIpc) is 3.20. The highest BCUT2D eigenvalue weighted by Gasteiger charge is 2.48. The van der Waals surface area contributed by atoms with Crippen molar-refractivity contribution >= 4 is 22.9 Å². The van der Waals surface area contributed by atoms with Crippen LogP contribution in [0.3, 0.4) is 0 Å². The van der Waals surface area contributed by atoms with Crippen LogP contribution in [0.15, 0.2) is 24.3 Å². The molecule has 3 nitrogen and oxygen atoms in total. The van der Waals surface area contributed by atoms with Crippen LogP contribution in [0.2, 0.25) is 0 Å². The van der Waals surface area contributed by atoms with E-state index in [1.807, 2.05) is 6.92 Å². The lowest BCUT2D eigenvalue weighted by atomic mass is 9.77. The van der Waals surface area contributed by atoms with E-state index in [0.717, 1.165) is 41.1 Å². The van der Waals surface area contributed by atoms with E-state index in [4.69, 9.17) is 0 Å². The second kappa shape index (κ2) is 5.88. The standard InChI is InChI=1S/C19H18FNO2S/c1-2-14-16(15-17(22)11-3-4-12(9-11)18(15)23)21-19(24-14)10-5-7-13(20)8-6-10/h5-8,11-12,15H,2-4,9H2,1H3/t11-,12+,15?. The summed E-state index contributed by atoms with van der Waals surface area (Å²) in [5, 5.41) is 0.750. The van der Waals surface area contributed by atoms with Crippen molar-refractivity contribution in [2.24, 2.45) is 11.8 Å². The van der Waals surface area contributed by atoms with Crippen LogP contribution in [0.25, 0.3) is 10.6 Å². The van der Waals surface area contributed by atoms with E-state index in [1.54, 1.807) is 12.1 Å². The Morgan fingerprint density at radius 3 is 2.33 bits per heavy atom. The number of thiazole rings is 1. The van der Waals surface area contributed by atoms with Gasteiger partial charge in [-0.2, -0.15) is 0 Å². The van der Waals surface area contributed by atoms with Crippen molar-refractivity contribution in [3.05, 3.63) is 40.7 Å². The molecule has 24 heavy (non-hydrogen) atoms. The van der Waals surface area contributed by atoms with Crippen molar-refractivity contribution < 1.29 is 14.0 Å². The van der Waals surface area contributed by atoms with Gasteiger partial charge in [0.15, 0.2) is 11.6 Å². The molecule has 0 aliphatic heterocycles. The molecule has 1 aromatic carbocycles. The van der Waals surface area contributed by atoms with Crippen molar-refractivity contribution in [1.82, 2.24) is 4.98 Å². The van der Waals surface area contributed by atoms with Crippen molar-refractivity contribution in [2.75, 3.05) is 0 Å². The maximum atomic E-state index is 13.1. The Bertz CT molecular complexity index is 789. The fourth-order valence-corrected chi connectivity index (χ4v) is 4.98. The number of aryl methyl sites for hydroxylation is 1. The SMILES string of the molecule is CCc1sc(-c2ccc(F)cc2)nc1C1C(=O)[C@@H]2CC[C@@H](C2)C1=O. The maximum Gasteiger partial charge on any atom is 0.152 e. The first-order valence-electron chi connectivity index (χ1n) is 8.41. The van der Waals surface area contributed by atoms with Crippen LogP contribution in [0.1, 0.15) is 42.7 Å². The number of rotatable bonds is 3. The van der Waals surface area contributed by atoms with E-state index in [1.165, 1.54) is 23.5 Å². The summed E-state index contributed by atoms with van der Waals surface area (Å²) in [7, 11) is 0. The smallest absolute Gasteiger partial charge is 0.152 e. The van der Waals surface area contributed by atoms with Crippen LogP contribution >= 0.6 is 11.3 Å². The molecule has 2 bridgehead atoms. The summed E-state index contributed by atoms with van der Waals surface area (Å²) in [6.45, 7) is 2.01. The molecule has 0 saturated heterocycles. The molecular formula is C19H18FNO2S. The van der Waals surface area contributed by atoms with E-state index in [9.17, 15) is 14.0 Å². The van der Waals surface area contributed by atoms with Gasteiger partial charge in [-0.3, -0.25) is 9.59 Å². The Labute approximate surface area is 143 Å². The number of hydrogen-bond donors (Lipinski definition) is 0. The van der Waals surface area contributed by atoms with Crippen molar-refractivity contribution in [1.29, 1.82) is 0 Å². The summed E-state index contributed by atoms with van der Waals surface area (Å²) in [5.41, 5.74) is 1.47. The van der Waals surface area contributed by atoms with Crippen molar-refractivity contribution in [2.45, 2.75) is 38.5 Å². The zero-order valence-corrected chi connectivity index (χ0v) is 14.2. The molecule has 1 aromatic heterocycles. The van der Waals surface area contributed by atoms with Gasteiger partial charge in [0.1, 0.15) is 16.7 Å². The molecule has 4 rings (SSSR count). The predicted molar refractivity (Wildman–Crippen MR) is 90.5 cm³/mol. The zero-order chi connectivity index (χ0) is 16.8. The molecular weight excluding hydrogens is 325 g/mol. The number of carbonyl (C=O) groups excluding carboxylic acids is 2. The van der Waals surface area contributed by atoms with Gasteiger partial charge < -0.3 is 0 Å². The summed E-state index contributed by atoms with van der Waals surface area (Å²) in [5.74, 6) is -0.812. The number of carbonyl (C=O) groups is 2. The quantitative estimate of drug-likeness (QED) is 0.786. The minimum atomic E-state index is -0.684. The number of aromatic nitrogens is 1. The van der Waals surface area contributed by atoms with Crippen LogP contribution in [-0.2, 0) is 16.0 Å². The summed E-state index contributed by atoms with van der Waals surface area (Å²) in [6.07, 6.45) is 3.13. The van der Waals surface area contributed by atoms with Gasteiger partial charge in [-0.25, -0.2) is 9.37 Å². The fraction of sp³-hybridized carbons (Fsp3) is 0.421. The monoisotopic (exact) mass is 343 g/mol. The first-order chi connectivity index (χ1) is 11.6. The van der Waals surface area contributed by atoms with E-state index in [-0.39, 0.29) is 29.2 Å². The van der Waals surface area contributed by atoms with Crippen molar-refractivity contribution in [3.63, 3.8) is 0 Å². The van der Waals surface area contributed by atoms with Crippen LogP contribution < -0.4 is 0 Å². The van der Waals surface area contributed by atoms with Gasteiger partial charge in [0.25, 0.3) is 0 Å². The Balaban J connectivity index is 1.76. The molecule has 5 heteroatoms. The van der Waals surface area contributed by atoms with Gasteiger partial charge in [0, 0.05) is 22.3 Å². The number of benzene rings is 1. The third kappa shape index (κ3) is 2.42. The molecule has 1 unspecified atom stereocenters. The molecule has 124 valence electrons. The molecule has 0 radical (unpaired) electrons. The molecule has 1 heterocycles. The number of hydrogen-bond acceptors (Lipinski definition) is 4. The second-order valence-corrected chi connectivity index (χ2v) is 7.72. The summed E-state index contributed by atoms with van der Waals surface area (Å²) in [6, 6.07) is 6.18. The normalized spacial score (nSPS) is 26.2. The zero-order valence-electron chi connectivity index (χ0n) is 13.4. The summed E-state index contributed by atoms with van der Waals surface area (Å²) < 4.78 is 13.1. The molecule has 2 aliphatic carbocycles. The van der Waals surface area contributed by atoms with Gasteiger partial charge in [0.05, 0.1) is 5.69 Å². The Hall–Kier alpha value is -1.88. The number of nitrogens with zero attached hydrogens (tertiary/aromatic N) is 1. The first kappa shape index (κ1) is 15.6. The fourth-order valence-electron chi connectivity index (χ4n) is 3.94. The summed E-state index contributed by atoms with van der Waals surface area (Å²) >= 11 is 1.50. The average molecular weight is 343 g/mol. The predicted octanol–water partition coefficient (Wildman–Crippen LogP) is 4.16. The lowest BCUT2D eigenvalue weighted by molar-refractivity contribution is -0.136. The molecule has 2 aromatic rings. The number of ketones is 2. The summed E-state index contributed by atoms with van der Waals surface area (Å²) in [4.78, 5) is 31.1. The first-order valence-corrected chi connectivity index (χ1v) is 9.23. The van der Waals surface area contributed by atoms with Gasteiger partial charge in [-0.15, -0.1) is 11.3 Å². The Kier molecular flexibility index (Phi) is 3.83. The van der Waals surface area contributed by atoms with Crippen LogP contribution in [0, 0.1) is 17.7 Å². The lowest BCUT2D eigenvalue weighted by Gasteiger charge is -2.24. The number of halogens is 1. The molecule has 2 aliphatic rings. The highest BCUT2D eigenvalue weighted by atomic mass is 32.1. The van der Waals surface area contributed by atoms with E-state index in [0.29, 0.717) is 5.69 Å². The van der Waals surface area contributed by atoms with Gasteiger partial charge in [-0.05, 0) is 49.9 Å². The molecule has 2 saturated carbocycles. The maximum absolute atomic E-state index is 13.1. The topological polar surface area (TPSA) is 47.0 Å². The van der Waals surface area contributed by atoms with Gasteiger partial charge in [0.2, 0.25) is 0 Å². The highest BCUT2D eigenvalue weighted by Crippen LogP contribution is 2.45. The molecule has 0 spiro atoms. The molecule has 0 N–H and O–H groups in total. The Morgan fingerprint density at radius 1 is 1.12 bits per heavy atom.